The molecule has 8 atom stereocenters. The molecule has 0 bridgehead atoms. The van der Waals surface area contributed by atoms with Crippen LogP contribution >= 0.6 is 11.8 Å². The van der Waals surface area contributed by atoms with E-state index in [1.165, 1.54) is 166 Å². The number of thioether (sulfide) groups is 1. The molecule has 0 spiro atoms. The Labute approximate surface area is 293 Å². The van der Waals surface area contributed by atoms with Gasteiger partial charge in [-0.3, -0.25) is 0 Å². The summed E-state index contributed by atoms with van der Waals surface area (Å²) in [5.74, 6) is 6.95. The third-order valence-corrected chi connectivity index (χ3v) is 15.1. The Morgan fingerprint density at radius 1 is 0.717 bits per heavy atom. The third-order valence-electron chi connectivity index (χ3n) is 14.4. The molecule has 0 saturated heterocycles. The number of rotatable bonds is 23. The molecule has 0 radical (unpaired) electrons. The second-order valence-corrected chi connectivity index (χ2v) is 19.0. The summed E-state index contributed by atoms with van der Waals surface area (Å²) in [6.45, 7) is 13.8. The average molecular weight is 657 g/mol. The van der Waals surface area contributed by atoms with Crippen molar-refractivity contribution in [1.29, 1.82) is 0 Å². The van der Waals surface area contributed by atoms with Gasteiger partial charge in [-0.25, -0.2) is 0 Å². The Kier molecular flexibility index (Phi) is 16.9. The second kappa shape index (κ2) is 20.0. The molecule has 3 saturated carbocycles. The van der Waals surface area contributed by atoms with Crippen LogP contribution in [0.25, 0.3) is 0 Å². The lowest BCUT2D eigenvalue weighted by Crippen LogP contribution is -2.51. The van der Waals surface area contributed by atoms with Gasteiger partial charge in [-0.05, 0) is 123 Å². The minimum atomic E-state index is 0.457. The zero-order valence-corrected chi connectivity index (χ0v) is 32.8. The van der Waals surface area contributed by atoms with E-state index in [0.717, 1.165) is 42.1 Å². The van der Waals surface area contributed by atoms with Crippen LogP contribution in [0.2, 0.25) is 0 Å². The summed E-state index contributed by atoms with van der Waals surface area (Å²) >= 11 is 2.00. The van der Waals surface area contributed by atoms with Crippen LogP contribution < -0.4 is 0 Å². The summed E-state index contributed by atoms with van der Waals surface area (Å²) in [6.07, 6.45) is 41.1. The van der Waals surface area contributed by atoms with Crippen molar-refractivity contribution >= 4 is 11.8 Å². The van der Waals surface area contributed by atoms with E-state index >= 15 is 0 Å². The minimum absolute atomic E-state index is 0.457. The highest BCUT2D eigenvalue weighted by Crippen LogP contribution is 2.67. The molecule has 46 heavy (non-hydrogen) atoms. The Balaban J connectivity index is 1.07. The van der Waals surface area contributed by atoms with Crippen LogP contribution in [0.1, 0.15) is 195 Å². The van der Waals surface area contributed by atoms with E-state index in [1.54, 1.807) is 5.57 Å². The minimum Gasteiger partial charge on any atom is -0.378 e. The van der Waals surface area contributed by atoms with Gasteiger partial charge in [0.25, 0.3) is 0 Å². The Bertz CT molecular complexity index is 864. The van der Waals surface area contributed by atoms with Gasteiger partial charge in [-0.1, -0.05) is 143 Å². The van der Waals surface area contributed by atoms with Gasteiger partial charge in [0, 0.05) is 6.61 Å². The molecular formula is C44H80OS. The molecule has 7 unspecified atom stereocenters. The highest BCUT2D eigenvalue weighted by Gasteiger charge is 2.59. The molecule has 268 valence electrons. The molecule has 0 heterocycles. The third kappa shape index (κ3) is 10.8. The average Bonchev–Trinajstić information content (AvgIpc) is 3.39. The summed E-state index contributed by atoms with van der Waals surface area (Å²) in [6, 6.07) is 0. The number of unbranched alkanes of at least 4 members (excludes halogenated alkanes) is 13. The molecule has 3 fully saturated rings. The van der Waals surface area contributed by atoms with Crippen LogP contribution in [-0.2, 0) is 4.74 Å². The van der Waals surface area contributed by atoms with E-state index in [-0.39, 0.29) is 0 Å². The Hall–Kier alpha value is 0.0500. The maximum Gasteiger partial charge on any atom is 0.0612 e. The molecule has 0 aromatic rings. The maximum absolute atomic E-state index is 6.56. The smallest absolute Gasteiger partial charge is 0.0612 e. The van der Waals surface area contributed by atoms with Gasteiger partial charge in [0.2, 0.25) is 0 Å². The van der Waals surface area contributed by atoms with E-state index in [9.17, 15) is 0 Å². The van der Waals surface area contributed by atoms with Crippen LogP contribution in [0.4, 0.5) is 0 Å². The van der Waals surface area contributed by atoms with E-state index < -0.39 is 0 Å². The first-order valence-electron chi connectivity index (χ1n) is 21.1. The van der Waals surface area contributed by atoms with Gasteiger partial charge in [-0.2, -0.15) is 11.8 Å². The lowest BCUT2D eigenvalue weighted by molar-refractivity contribution is -0.0641. The first kappa shape index (κ1) is 38.8. The van der Waals surface area contributed by atoms with Gasteiger partial charge < -0.3 is 4.74 Å². The number of ether oxygens (including phenoxy) is 1. The molecular weight excluding hydrogens is 577 g/mol. The molecule has 0 aromatic heterocycles. The quantitative estimate of drug-likeness (QED) is 0.0799. The first-order chi connectivity index (χ1) is 22.3. The van der Waals surface area contributed by atoms with E-state index in [0.29, 0.717) is 16.9 Å². The van der Waals surface area contributed by atoms with Crippen molar-refractivity contribution in [3.05, 3.63) is 11.6 Å². The summed E-state index contributed by atoms with van der Waals surface area (Å²) in [7, 11) is 0. The monoisotopic (exact) mass is 657 g/mol. The van der Waals surface area contributed by atoms with Crippen LogP contribution in [0, 0.1) is 46.3 Å². The number of hydrogen-bond donors (Lipinski definition) is 0. The lowest BCUT2D eigenvalue weighted by Gasteiger charge is -2.58. The summed E-state index contributed by atoms with van der Waals surface area (Å²) in [5.41, 5.74) is 2.86. The topological polar surface area (TPSA) is 9.23 Å². The molecule has 0 aliphatic heterocycles. The van der Waals surface area contributed by atoms with Crippen molar-refractivity contribution in [1.82, 2.24) is 0 Å². The number of fused-ring (bicyclic) bond motifs is 5. The van der Waals surface area contributed by atoms with Gasteiger partial charge in [0.05, 0.1) is 6.10 Å². The van der Waals surface area contributed by atoms with Gasteiger partial charge in [-0.15, -0.1) is 0 Å². The van der Waals surface area contributed by atoms with Crippen molar-refractivity contribution in [3.8, 4) is 0 Å². The van der Waals surface area contributed by atoms with Crippen molar-refractivity contribution in [2.75, 3.05) is 18.6 Å². The van der Waals surface area contributed by atoms with Crippen molar-refractivity contribution in [2.24, 2.45) is 46.3 Å². The molecule has 4 aliphatic carbocycles. The zero-order chi connectivity index (χ0) is 32.8. The summed E-state index contributed by atoms with van der Waals surface area (Å²) in [5, 5.41) is 0. The van der Waals surface area contributed by atoms with E-state index in [1.807, 2.05) is 11.8 Å². The number of hydrogen-bond acceptors (Lipinski definition) is 2. The standard InChI is InChI=1S/C44H80OS/c1-35(2)22-21-23-36(3)40-26-27-41-39-25-24-37-34-38(28-30-43(37,4)42(39)29-31-44(40,41)5)45-32-19-17-15-13-11-9-7-8-10-12-14-16-18-20-33-46-6/h24,35-36,38-42H,7-23,25-34H2,1-6H3/t36?,38-,39?,40?,41?,42?,43?,44?/m0/s1. The highest BCUT2D eigenvalue weighted by atomic mass is 32.2. The van der Waals surface area contributed by atoms with Gasteiger partial charge >= 0.3 is 0 Å². The fraction of sp³-hybridized carbons (Fsp3) is 0.955. The molecule has 1 nitrogen and oxygen atoms in total. The fourth-order valence-corrected chi connectivity index (χ4v) is 12.0. The second-order valence-electron chi connectivity index (χ2n) is 18.0. The fourth-order valence-electron chi connectivity index (χ4n) is 11.5. The van der Waals surface area contributed by atoms with Crippen molar-refractivity contribution in [3.63, 3.8) is 0 Å². The van der Waals surface area contributed by atoms with Crippen LogP contribution in [-0.4, -0.2) is 24.7 Å². The van der Waals surface area contributed by atoms with Gasteiger partial charge in [0.15, 0.2) is 0 Å². The van der Waals surface area contributed by atoms with E-state index in [2.05, 4.69) is 47.0 Å². The largest absolute Gasteiger partial charge is 0.378 e. The van der Waals surface area contributed by atoms with Crippen LogP contribution in [0.3, 0.4) is 0 Å². The van der Waals surface area contributed by atoms with Crippen molar-refractivity contribution < 1.29 is 4.74 Å². The normalized spacial score (nSPS) is 33.0. The van der Waals surface area contributed by atoms with Crippen LogP contribution in [0.5, 0.6) is 0 Å². The summed E-state index contributed by atoms with van der Waals surface area (Å²) in [4.78, 5) is 0. The lowest BCUT2D eigenvalue weighted by atomic mass is 9.47. The van der Waals surface area contributed by atoms with Crippen molar-refractivity contribution in [2.45, 2.75) is 201 Å². The molecule has 0 N–H and O–H groups in total. The Morgan fingerprint density at radius 3 is 1.98 bits per heavy atom. The molecule has 4 rings (SSSR count). The van der Waals surface area contributed by atoms with Gasteiger partial charge in [0.1, 0.15) is 0 Å². The predicted octanol–water partition coefficient (Wildman–Crippen LogP) is 14.2. The predicted molar refractivity (Wildman–Crippen MR) is 206 cm³/mol. The number of allylic oxidation sites excluding steroid dienone is 1. The molecule has 0 amide bonds. The Morgan fingerprint density at radius 2 is 1.35 bits per heavy atom. The van der Waals surface area contributed by atoms with Crippen LogP contribution in [0.15, 0.2) is 11.6 Å². The first-order valence-corrected chi connectivity index (χ1v) is 22.5. The molecule has 2 heteroatoms. The maximum atomic E-state index is 6.56. The molecule has 4 aliphatic rings. The van der Waals surface area contributed by atoms with E-state index in [4.69, 9.17) is 4.74 Å². The zero-order valence-electron chi connectivity index (χ0n) is 32.0. The molecule has 0 aromatic carbocycles. The SMILES string of the molecule is CSCCCCCCCCCCCCCCCCO[C@H]1CCC2(C)C(=CCC3C2CCC2(C)C(C(C)CCCC(C)C)CCC32)C1. The highest BCUT2D eigenvalue weighted by molar-refractivity contribution is 7.98. The summed E-state index contributed by atoms with van der Waals surface area (Å²) < 4.78 is 6.56.